The SMILES string of the molecule is [C+]1=C2Sc3ccccc3[S+](c3ccccc3)C2=CC=C1. The van der Waals surface area contributed by atoms with Crippen LogP contribution in [0.2, 0.25) is 0 Å². The van der Waals surface area contributed by atoms with Crippen LogP contribution in [0.4, 0.5) is 0 Å². The fourth-order valence-corrected chi connectivity index (χ4v) is 6.09. The van der Waals surface area contributed by atoms with Gasteiger partial charge in [-0.3, -0.25) is 0 Å². The van der Waals surface area contributed by atoms with Crippen molar-refractivity contribution in [2.24, 2.45) is 0 Å². The Kier molecular flexibility index (Phi) is 3.00. The van der Waals surface area contributed by atoms with Crippen LogP contribution in [0.3, 0.4) is 0 Å². The second-order valence-electron chi connectivity index (χ2n) is 4.53. The molecule has 1 unspecified atom stereocenters. The van der Waals surface area contributed by atoms with E-state index in [2.05, 4.69) is 72.8 Å². The van der Waals surface area contributed by atoms with Crippen molar-refractivity contribution in [1.82, 2.24) is 0 Å². The summed E-state index contributed by atoms with van der Waals surface area (Å²) in [7, 11) is -0.0100. The fraction of sp³-hybridized carbons (Fsp3) is 0. The molecular weight excluding hydrogens is 280 g/mol. The molecule has 0 fully saturated rings. The lowest BCUT2D eigenvalue weighted by atomic mass is 10.3. The first-order chi connectivity index (χ1) is 9.93. The molecule has 0 nitrogen and oxygen atoms in total. The van der Waals surface area contributed by atoms with Gasteiger partial charge in [-0.25, -0.2) is 0 Å². The van der Waals surface area contributed by atoms with E-state index in [-0.39, 0.29) is 10.9 Å². The number of hydrogen-bond acceptors (Lipinski definition) is 1. The minimum Gasteiger partial charge on any atom is -0.0619 e. The van der Waals surface area contributed by atoms with Crippen LogP contribution < -0.4 is 0 Å². The summed E-state index contributed by atoms with van der Waals surface area (Å²) in [5.74, 6) is 0. The van der Waals surface area contributed by atoms with Gasteiger partial charge < -0.3 is 0 Å². The number of benzene rings is 2. The van der Waals surface area contributed by atoms with E-state index in [0.717, 1.165) is 0 Å². The maximum absolute atomic E-state index is 3.40. The highest BCUT2D eigenvalue weighted by Crippen LogP contribution is 2.49. The van der Waals surface area contributed by atoms with Crippen molar-refractivity contribution in [2.75, 3.05) is 0 Å². The van der Waals surface area contributed by atoms with E-state index in [1.807, 2.05) is 17.8 Å². The molecule has 0 amide bonds. The van der Waals surface area contributed by atoms with Gasteiger partial charge in [-0.1, -0.05) is 30.3 Å². The zero-order chi connectivity index (χ0) is 13.4. The van der Waals surface area contributed by atoms with Gasteiger partial charge in [-0.05, 0) is 36.0 Å². The molecule has 1 aliphatic carbocycles. The second-order valence-corrected chi connectivity index (χ2v) is 7.55. The van der Waals surface area contributed by atoms with Crippen molar-refractivity contribution in [3.63, 3.8) is 0 Å². The molecule has 2 aromatic carbocycles. The summed E-state index contributed by atoms with van der Waals surface area (Å²) >= 11 is 1.83. The molecule has 0 radical (unpaired) electrons. The molecule has 1 atom stereocenters. The third-order valence-corrected chi connectivity index (χ3v) is 6.96. The number of rotatable bonds is 1. The van der Waals surface area contributed by atoms with Gasteiger partial charge in [-0.15, -0.1) is 0 Å². The van der Waals surface area contributed by atoms with Gasteiger partial charge in [0.15, 0.2) is 20.7 Å². The highest BCUT2D eigenvalue weighted by Gasteiger charge is 2.46. The van der Waals surface area contributed by atoms with Gasteiger partial charge in [-0.2, -0.15) is 0 Å². The molecule has 0 saturated heterocycles. The molecule has 0 spiro atoms. The molecule has 1 heterocycles. The summed E-state index contributed by atoms with van der Waals surface area (Å²) in [5, 5.41) is 0. The van der Waals surface area contributed by atoms with Crippen LogP contribution in [0.15, 0.2) is 97.3 Å². The summed E-state index contributed by atoms with van der Waals surface area (Å²) < 4.78 is 0. The Bertz CT molecular complexity index is 739. The van der Waals surface area contributed by atoms with Crippen molar-refractivity contribution in [3.8, 4) is 0 Å². The van der Waals surface area contributed by atoms with Crippen LogP contribution >= 0.6 is 11.8 Å². The third-order valence-electron chi connectivity index (χ3n) is 3.26. The Morgan fingerprint density at radius 3 is 2.60 bits per heavy atom. The third kappa shape index (κ3) is 1.94. The van der Waals surface area contributed by atoms with Gasteiger partial charge in [0.25, 0.3) is 4.91 Å². The fourth-order valence-electron chi connectivity index (χ4n) is 2.39. The average Bonchev–Trinajstić information content (AvgIpc) is 2.53. The zero-order valence-electron chi connectivity index (χ0n) is 10.7. The smallest absolute Gasteiger partial charge is 0.0619 e. The van der Waals surface area contributed by atoms with Crippen molar-refractivity contribution >= 4 is 22.7 Å². The Morgan fingerprint density at radius 1 is 0.900 bits per heavy atom. The summed E-state index contributed by atoms with van der Waals surface area (Å²) in [4.78, 5) is 6.81. The predicted octanol–water partition coefficient (Wildman–Crippen LogP) is 4.97. The van der Waals surface area contributed by atoms with Crippen molar-refractivity contribution < 1.29 is 0 Å². The molecule has 0 bridgehead atoms. The van der Waals surface area contributed by atoms with E-state index in [1.165, 1.54) is 24.5 Å². The topological polar surface area (TPSA) is 0 Å². The first-order valence-corrected chi connectivity index (χ1v) is 8.54. The quantitative estimate of drug-likeness (QED) is 0.528. The number of hydrogen-bond donors (Lipinski definition) is 0. The van der Waals surface area contributed by atoms with Crippen LogP contribution in [-0.2, 0) is 10.9 Å². The van der Waals surface area contributed by atoms with Gasteiger partial charge in [0.05, 0.1) is 17.0 Å². The summed E-state index contributed by atoms with van der Waals surface area (Å²) in [6.45, 7) is 0. The molecule has 0 saturated carbocycles. The highest BCUT2D eigenvalue weighted by molar-refractivity contribution is 8.09. The molecule has 0 N–H and O–H groups in total. The normalized spacial score (nSPS) is 19.3. The molecule has 0 aromatic heterocycles. The molecule has 1 aliphatic heterocycles. The van der Waals surface area contributed by atoms with Gasteiger partial charge >= 0.3 is 0 Å². The lowest BCUT2D eigenvalue weighted by molar-refractivity contribution is 1.22. The Hall–Kier alpha value is -1.73. The van der Waals surface area contributed by atoms with E-state index in [4.69, 9.17) is 0 Å². The minimum atomic E-state index is -0.0100. The average molecular weight is 292 g/mol. The van der Waals surface area contributed by atoms with Gasteiger partial charge in [0, 0.05) is 0 Å². The van der Waals surface area contributed by atoms with E-state index in [0.29, 0.717) is 0 Å². The van der Waals surface area contributed by atoms with Crippen LogP contribution in [-0.4, -0.2) is 0 Å². The number of allylic oxidation sites excluding steroid dienone is 4. The Labute approximate surface area is 126 Å². The Morgan fingerprint density at radius 2 is 1.70 bits per heavy atom. The molecule has 2 heteroatoms. The molecule has 2 aromatic rings. The monoisotopic (exact) mass is 292 g/mol. The molecule has 20 heavy (non-hydrogen) atoms. The first-order valence-electron chi connectivity index (χ1n) is 6.50. The summed E-state index contributed by atoms with van der Waals surface area (Å²) in [5.41, 5.74) is 0. The van der Waals surface area contributed by atoms with E-state index >= 15 is 0 Å². The van der Waals surface area contributed by atoms with Crippen molar-refractivity contribution in [1.29, 1.82) is 0 Å². The zero-order valence-corrected chi connectivity index (χ0v) is 12.4. The predicted molar refractivity (Wildman–Crippen MR) is 86.6 cm³/mol. The maximum Gasteiger partial charge on any atom is 0.289 e. The second kappa shape index (κ2) is 4.99. The summed E-state index contributed by atoms with van der Waals surface area (Å²) in [6, 6.07) is 19.5. The van der Waals surface area contributed by atoms with Crippen LogP contribution in [0.25, 0.3) is 0 Å². The lowest BCUT2D eigenvalue weighted by Gasteiger charge is -2.15. The molecule has 4 rings (SSSR count). The number of thioether (sulfide) groups is 1. The Balaban J connectivity index is 1.96. The number of fused-ring (bicyclic) bond motifs is 2. The molecule has 94 valence electrons. The van der Waals surface area contributed by atoms with E-state index in [1.54, 1.807) is 0 Å². The van der Waals surface area contributed by atoms with Gasteiger partial charge in [0.1, 0.15) is 12.2 Å². The standard InChI is InChI=1S/C18H12S2/c1-2-8-14(9-3-1)20-17-12-6-4-10-15(17)19-16-11-5-7-13-18(16)20/h1-10,12-13H/q+2. The van der Waals surface area contributed by atoms with Gasteiger partial charge in [0.2, 0.25) is 4.91 Å². The van der Waals surface area contributed by atoms with Crippen molar-refractivity contribution in [2.45, 2.75) is 14.7 Å². The largest absolute Gasteiger partial charge is 0.289 e. The summed E-state index contributed by atoms with van der Waals surface area (Å²) in [6.07, 6.45) is 9.74. The maximum atomic E-state index is 3.40. The van der Waals surface area contributed by atoms with Crippen LogP contribution in [0, 0.1) is 6.08 Å². The minimum absolute atomic E-state index is 0.0100. The van der Waals surface area contributed by atoms with Crippen LogP contribution in [0.1, 0.15) is 0 Å². The molecule has 2 aliphatic rings. The van der Waals surface area contributed by atoms with E-state index < -0.39 is 0 Å². The van der Waals surface area contributed by atoms with E-state index in [9.17, 15) is 0 Å². The molecular formula is C18H12S2+2. The highest BCUT2D eigenvalue weighted by atomic mass is 32.2. The first kappa shape index (κ1) is 12.0. The van der Waals surface area contributed by atoms with Crippen LogP contribution in [0.5, 0.6) is 0 Å². The van der Waals surface area contributed by atoms with Crippen molar-refractivity contribution in [3.05, 3.63) is 88.7 Å². The lowest BCUT2D eigenvalue weighted by Crippen LogP contribution is -2.14.